The van der Waals surface area contributed by atoms with E-state index in [0.717, 1.165) is 6.42 Å². The van der Waals surface area contributed by atoms with Gasteiger partial charge in [0.15, 0.2) is 12.1 Å². The molecule has 0 aliphatic carbocycles. The van der Waals surface area contributed by atoms with E-state index in [-0.39, 0.29) is 24.1 Å². The topological polar surface area (TPSA) is 89.6 Å². The summed E-state index contributed by atoms with van der Waals surface area (Å²) in [5.41, 5.74) is 0.983. The van der Waals surface area contributed by atoms with Gasteiger partial charge >= 0.3 is 0 Å². The van der Waals surface area contributed by atoms with Crippen molar-refractivity contribution in [3.63, 3.8) is 0 Å². The molecule has 0 amide bonds. The Kier molecular flexibility index (Phi) is 6.23. The van der Waals surface area contributed by atoms with Crippen LogP contribution in [0.3, 0.4) is 0 Å². The SMILES string of the molecule is CCC(C)Oc1cc(F)ccc1COc1ccnn1-c1cc(C(O)O)ccn1. The highest BCUT2D eigenvalue weighted by atomic mass is 19.1. The van der Waals surface area contributed by atoms with Gasteiger partial charge in [0.25, 0.3) is 0 Å². The van der Waals surface area contributed by atoms with E-state index in [1.165, 1.54) is 35.1 Å². The summed E-state index contributed by atoms with van der Waals surface area (Å²) in [5, 5.41) is 22.8. The molecule has 0 aliphatic heterocycles. The third-order valence-electron chi connectivity index (χ3n) is 4.20. The third-order valence-corrected chi connectivity index (χ3v) is 4.20. The van der Waals surface area contributed by atoms with Gasteiger partial charge in [0.05, 0.1) is 12.3 Å². The van der Waals surface area contributed by atoms with Crippen molar-refractivity contribution in [2.45, 2.75) is 39.3 Å². The molecule has 28 heavy (non-hydrogen) atoms. The molecule has 0 saturated carbocycles. The van der Waals surface area contributed by atoms with Gasteiger partial charge in [-0.05, 0) is 37.6 Å². The maximum atomic E-state index is 13.6. The highest BCUT2D eigenvalue weighted by molar-refractivity contribution is 5.35. The maximum Gasteiger partial charge on any atom is 0.218 e. The molecule has 3 aromatic rings. The second-order valence-electron chi connectivity index (χ2n) is 6.28. The zero-order valence-electron chi connectivity index (χ0n) is 15.6. The van der Waals surface area contributed by atoms with Crippen LogP contribution in [0.15, 0.2) is 48.8 Å². The third kappa shape index (κ3) is 4.65. The highest BCUT2D eigenvalue weighted by Gasteiger charge is 2.13. The molecular weight excluding hydrogens is 365 g/mol. The number of rotatable bonds is 8. The lowest BCUT2D eigenvalue weighted by atomic mass is 10.2. The van der Waals surface area contributed by atoms with Gasteiger partial charge in [-0.1, -0.05) is 6.92 Å². The Morgan fingerprint density at radius 2 is 1.96 bits per heavy atom. The molecule has 2 N–H and O–H groups in total. The van der Waals surface area contributed by atoms with Crippen LogP contribution in [0.1, 0.15) is 37.7 Å². The predicted octanol–water partition coefficient (Wildman–Crippen LogP) is 3.15. The van der Waals surface area contributed by atoms with Gasteiger partial charge in [-0.2, -0.15) is 9.78 Å². The van der Waals surface area contributed by atoms with Gasteiger partial charge in [0, 0.05) is 29.5 Å². The first-order chi connectivity index (χ1) is 13.5. The molecule has 148 valence electrons. The summed E-state index contributed by atoms with van der Waals surface area (Å²) < 4.78 is 26.7. The average molecular weight is 387 g/mol. The largest absolute Gasteiger partial charge is 0.490 e. The molecule has 1 aromatic carbocycles. The number of nitrogens with zero attached hydrogens (tertiary/aromatic N) is 3. The van der Waals surface area contributed by atoms with Crippen molar-refractivity contribution in [1.29, 1.82) is 0 Å². The minimum absolute atomic E-state index is 0.0528. The van der Waals surface area contributed by atoms with Crippen molar-refractivity contribution in [2.75, 3.05) is 0 Å². The monoisotopic (exact) mass is 387 g/mol. The molecule has 1 unspecified atom stereocenters. The first-order valence-corrected chi connectivity index (χ1v) is 8.92. The van der Waals surface area contributed by atoms with E-state index in [4.69, 9.17) is 9.47 Å². The zero-order chi connectivity index (χ0) is 20.1. The van der Waals surface area contributed by atoms with Gasteiger partial charge in [0.2, 0.25) is 5.88 Å². The van der Waals surface area contributed by atoms with Crippen LogP contribution in [0.25, 0.3) is 5.82 Å². The first-order valence-electron chi connectivity index (χ1n) is 8.92. The van der Waals surface area contributed by atoms with E-state index in [9.17, 15) is 14.6 Å². The van der Waals surface area contributed by atoms with Crippen LogP contribution >= 0.6 is 0 Å². The fourth-order valence-electron chi connectivity index (χ4n) is 2.49. The van der Waals surface area contributed by atoms with Crippen molar-refractivity contribution in [3.05, 3.63) is 65.7 Å². The fourth-order valence-corrected chi connectivity index (χ4v) is 2.49. The second-order valence-corrected chi connectivity index (χ2v) is 6.28. The van der Waals surface area contributed by atoms with Crippen LogP contribution in [0, 0.1) is 5.82 Å². The van der Waals surface area contributed by atoms with E-state index < -0.39 is 6.29 Å². The van der Waals surface area contributed by atoms with Gasteiger partial charge in [0.1, 0.15) is 18.2 Å². The Bertz CT molecular complexity index is 929. The number of halogens is 1. The number of aliphatic hydroxyl groups is 2. The first kappa shape index (κ1) is 19.8. The normalized spacial score (nSPS) is 12.2. The van der Waals surface area contributed by atoms with E-state index in [2.05, 4.69) is 10.1 Å². The maximum absolute atomic E-state index is 13.6. The molecule has 0 aliphatic rings. The van der Waals surface area contributed by atoms with Gasteiger partial charge in [-0.15, -0.1) is 0 Å². The molecule has 0 radical (unpaired) electrons. The van der Waals surface area contributed by atoms with Crippen molar-refractivity contribution in [1.82, 2.24) is 14.8 Å². The fraction of sp³-hybridized carbons (Fsp3) is 0.300. The Morgan fingerprint density at radius 3 is 2.71 bits per heavy atom. The molecule has 2 aromatic heterocycles. The summed E-state index contributed by atoms with van der Waals surface area (Å²) in [5.74, 6) is 0.830. The van der Waals surface area contributed by atoms with Crippen LogP contribution in [0.2, 0.25) is 0 Å². The smallest absolute Gasteiger partial charge is 0.218 e. The summed E-state index contributed by atoms with van der Waals surface area (Å²) >= 11 is 0. The summed E-state index contributed by atoms with van der Waals surface area (Å²) in [4.78, 5) is 4.18. The minimum atomic E-state index is -1.61. The number of hydrogen-bond acceptors (Lipinski definition) is 6. The van der Waals surface area contributed by atoms with Crippen LogP contribution in [0.4, 0.5) is 4.39 Å². The molecule has 8 heteroatoms. The lowest BCUT2D eigenvalue weighted by molar-refractivity contribution is -0.0425. The molecule has 3 rings (SSSR count). The summed E-state index contributed by atoms with van der Waals surface area (Å²) in [6, 6.07) is 8.97. The van der Waals surface area contributed by atoms with E-state index in [0.29, 0.717) is 23.0 Å². The number of hydrogen-bond donors (Lipinski definition) is 2. The van der Waals surface area contributed by atoms with Crippen molar-refractivity contribution in [2.24, 2.45) is 0 Å². The number of aromatic nitrogens is 3. The molecular formula is C20H22FN3O4. The summed E-state index contributed by atoms with van der Waals surface area (Å²) in [7, 11) is 0. The number of pyridine rings is 1. The van der Waals surface area contributed by atoms with Crippen LogP contribution in [-0.2, 0) is 6.61 Å². The van der Waals surface area contributed by atoms with Gasteiger partial charge in [-0.25, -0.2) is 9.37 Å². The lowest BCUT2D eigenvalue weighted by Gasteiger charge is -2.17. The quantitative estimate of drug-likeness (QED) is 0.577. The van der Waals surface area contributed by atoms with Gasteiger partial charge < -0.3 is 19.7 Å². The zero-order valence-corrected chi connectivity index (χ0v) is 15.6. The molecule has 0 bridgehead atoms. The van der Waals surface area contributed by atoms with Gasteiger partial charge in [-0.3, -0.25) is 0 Å². The Hall–Kier alpha value is -2.97. The number of aliphatic hydroxyl groups excluding tert-OH is 1. The lowest BCUT2D eigenvalue weighted by Crippen LogP contribution is -2.12. The Labute approximate surface area is 162 Å². The van der Waals surface area contributed by atoms with E-state index >= 15 is 0 Å². The van der Waals surface area contributed by atoms with Crippen LogP contribution in [0.5, 0.6) is 11.6 Å². The van der Waals surface area contributed by atoms with Crippen molar-refractivity contribution in [3.8, 4) is 17.4 Å². The molecule has 0 spiro atoms. The van der Waals surface area contributed by atoms with Crippen molar-refractivity contribution < 1.29 is 24.1 Å². The Balaban J connectivity index is 1.80. The van der Waals surface area contributed by atoms with Crippen LogP contribution < -0.4 is 9.47 Å². The molecule has 0 saturated heterocycles. The predicted molar refractivity (Wildman–Crippen MR) is 99.7 cm³/mol. The van der Waals surface area contributed by atoms with Crippen molar-refractivity contribution >= 4 is 0 Å². The molecule has 1 atom stereocenters. The number of ether oxygens (including phenoxy) is 2. The second kappa shape index (κ2) is 8.81. The van der Waals surface area contributed by atoms with Crippen LogP contribution in [-0.4, -0.2) is 31.1 Å². The molecule has 7 nitrogen and oxygen atoms in total. The van der Waals surface area contributed by atoms with E-state index in [1.807, 2.05) is 13.8 Å². The standard InChI is InChI=1S/C20H22FN3O4/c1-3-13(2)28-17-11-16(21)5-4-15(17)12-27-19-7-9-23-24(19)18-10-14(20(25)26)6-8-22-18/h4-11,13,20,25-26H,3,12H2,1-2H3. The van der Waals surface area contributed by atoms with E-state index in [1.54, 1.807) is 18.3 Å². The summed E-state index contributed by atoms with van der Waals surface area (Å²) in [6.07, 6.45) is 2.13. The summed E-state index contributed by atoms with van der Waals surface area (Å²) in [6.45, 7) is 4.04. The highest BCUT2D eigenvalue weighted by Crippen LogP contribution is 2.25. The molecule has 2 heterocycles. The number of benzene rings is 1. The minimum Gasteiger partial charge on any atom is -0.490 e. The molecule has 0 fully saturated rings. The Morgan fingerprint density at radius 1 is 1.14 bits per heavy atom. The average Bonchev–Trinajstić information content (AvgIpc) is 3.16.